The average Bonchev–Trinajstić information content (AvgIpc) is 1.47. The molecule has 8 heterocycles. The van der Waals surface area contributed by atoms with Gasteiger partial charge in [-0.15, -0.1) is 40.9 Å². The van der Waals surface area contributed by atoms with Gasteiger partial charge in [-0.2, -0.15) is 0 Å². The number of benzene rings is 4. The standard InChI is InChI=1S/4C19H22N6O3S.Cu.Ni/c4*1-5-23-16(26)15(17(27)24(6-2)19(23)29)21-20-14-12(3)22(4)25(18(14)28)13-10-8-7-9-11-13;;/h4*7-11,26H,5-6H2,1-4H3;;. The Bertz CT molecular complexity index is 5870. The van der Waals surface area contributed by atoms with Crippen molar-refractivity contribution >= 4 is 94.4 Å². The summed E-state index contributed by atoms with van der Waals surface area (Å²) in [7, 11) is 6.95. The fourth-order valence-electron chi connectivity index (χ4n) is 12.4. The summed E-state index contributed by atoms with van der Waals surface area (Å²) in [6, 6.07) is 36.5. The minimum atomic E-state index is -0.555. The molecular weight excluding hydrogens is 1690 g/mol. The van der Waals surface area contributed by atoms with Gasteiger partial charge in [0.2, 0.25) is 46.3 Å². The molecule has 0 aliphatic rings. The second-order valence-electron chi connectivity index (χ2n) is 25.4. The van der Waals surface area contributed by atoms with E-state index >= 15 is 0 Å². The van der Waals surface area contributed by atoms with E-state index < -0.39 is 22.2 Å². The van der Waals surface area contributed by atoms with Gasteiger partial charge in [-0.3, -0.25) is 93.6 Å². The van der Waals surface area contributed by atoms with E-state index in [4.69, 9.17) is 48.9 Å². The van der Waals surface area contributed by atoms with Gasteiger partial charge in [-0.1, -0.05) is 72.8 Å². The van der Waals surface area contributed by atoms with Crippen LogP contribution < -0.4 is 44.5 Å². The molecule has 12 rings (SSSR count). The van der Waals surface area contributed by atoms with Crippen molar-refractivity contribution in [3.05, 3.63) is 246 Å². The summed E-state index contributed by atoms with van der Waals surface area (Å²) >= 11 is 21.0. The smallest absolute Gasteiger partial charge is 0.299 e. The Morgan fingerprint density at radius 3 is 0.542 bits per heavy atom. The normalized spacial score (nSPS) is 11.3. The third kappa shape index (κ3) is 17.9. The van der Waals surface area contributed by atoms with Crippen molar-refractivity contribution in [2.24, 2.45) is 69.1 Å². The first-order valence-corrected chi connectivity index (χ1v) is 38.2. The number of aromatic hydroxyl groups is 4. The Kier molecular flexibility index (Phi) is 31.7. The Morgan fingerprint density at radius 1 is 0.254 bits per heavy atom. The number of rotatable bonds is 20. The van der Waals surface area contributed by atoms with Gasteiger partial charge in [-0.25, -0.2) is 18.7 Å². The van der Waals surface area contributed by atoms with E-state index in [1.807, 2.05) is 72.8 Å². The molecule has 1 radical (unpaired) electrons. The van der Waals surface area contributed by atoms with Crippen molar-refractivity contribution in [2.75, 3.05) is 0 Å². The maximum atomic E-state index is 12.9. The molecule has 8 aromatic heterocycles. The van der Waals surface area contributed by atoms with E-state index in [0.717, 1.165) is 0 Å². The zero-order valence-electron chi connectivity index (χ0n) is 67.2. The fourth-order valence-corrected chi connectivity index (χ4v) is 14.1. The van der Waals surface area contributed by atoms with Crippen LogP contribution in [0.3, 0.4) is 0 Å². The van der Waals surface area contributed by atoms with Gasteiger partial charge in [0, 0.05) is 114 Å². The number of hydrogen-bond acceptors (Lipinski definition) is 24. The fraction of sp³-hybridized carbons (Fsp3) is 0.316. The average molecular weight is 1780 g/mol. The van der Waals surface area contributed by atoms with Crippen molar-refractivity contribution in [1.82, 2.24) is 74.0 Å². The van der Waals surface area contributed by atoms with Crippen LogP contribution in [0.25, 0.3) is 22.7 Å². The van der Waals surface area contributed by atoms with E-state index in [1.54, 1.807) is 179 Å². The van der Waals surface area contributed by atoms with Gasteiger partial charge in [-0.05, 0) is 180 Å². The number of para-hydroxylation sites is 4. The summed E-state index contributed by atoms with van der Waals surface area (Å²) in [5.41, 5.74) is 0.611. The van der Waals surface area contributed by atoms with Gasteiger partial charge in [0.25, 0.3) is 44.5 Å². The molecule has 0 aliphatic carbocycles. The molecule has 0 fully saturated rings. The van der Waals surface area contributed by atoms with E-state index in [2.05, 4.69) is 40.9 Å². The maximum absolute atomic E-state index is 12.9. The van der Waals surface area contributed by atoms with Crippen LogP contribution >= 0.6 is 48.9 Å². The van der Waals surface area contributed by atoms with Gasteiger partial charge in [0.1, 0.15) is 0 Å². The summed E-state index contributed by atoms with van der Waals surface area (Å²) in [6.45, 7) is 23.9. The van der Waals surface area contributed by atoms with E-state index in [9.17, 15) is 58.8 Å². The van der Waals surface area contributed by atoms with Crippen LogP contribution in [0.2, 0.25) is 0 Å². The Hall–Kier alpha value is -12.1. The van der Waals surface area contributed by atoms with Gasteiger partial charge in [0.05, 0.1) is 45.5 Å². The van der Waals surface area contributed by atoms with Crippen molar-refractivity contribution in [1.29, 1.82) is 0 Å². The van der Waals surface area contributed by atoms with Crippen LogP contribution in [-0.4, -0.2) is 94.4 Å². The van der Waals surface area contributed by atoms with E-state index in [-0.39, 0.29) is 144 Å². The van der Waals surface area contributed by atoms with Crippen molar-refractivity contribution in [3.63, 3.8) is 0 Å². The first-order chi connectivity index (χ1) is 55.3. The summed E-state index contributed by atoms with van der Waals surface area (Å²) in [6.07, 6.45) is 0. The maximum Gasteiger partial charge on any atom is 0.299 e. The van der Waals surface area contributed by atoms with E-state index in [0.29, 0.717) is 97.9 Å². The summed E-state index contributed by atoms with van der Waals surface area (Å²) < 4.78 is 24.2. The van der Waals surface area contributed by atoms with Crippen LogP contribution in [-0.2, 0) is 114 Å². The van der Waals surface area contributed by atoms with Gasteiger partial charge < -0.3 is 20.4 Å². The monoisotopic (exact) mass is 1780 g/mol. The molecule has 629 valence electrons. The van der Waals surface area contributed by atoms with Crippen molar-refractivity contribution in [2.45, 2.75) is 135 Å². The zero-order chi connectivity index (χ0) is 85.2. The molecule has 0 aliphatic heterocycles. The van der Waals surface area contributed by atoms with Crippen molar-refractivity contribution in [3.8, 4) is 46.3 Å². The van der Waals surface area contributed by atoms with Crippen molar-refractivity contribution < 1.29 is 54.0 Å². The quantitative estimate of drug-likeness (QED) is 0.0313. The molecule has 0 unspecified atom stereocenters. The third-order valence-electron chi connectivity index (χ3n) is 19.1. The van der Waals surface area contributed by atoms with E-state index in [1.165, 1.54) is 55.3 Å². The van der Waals surface area contributed by atoms with Crippen LogP contribution in [0.4, 0.5) is 45.5 Å². The second kappa shape index (κ2) is 40.2. The predicted octanol–water partition coefficient (Wildman–Crippen LogP) is 13.3. The zero-order valence-corrected chi connectivity index (χ0v) is 72.4. The van der Waals surface area contributed by atoms with Crippen LogP contribution in [0, 0.1) is 46.8 Å². The molecule has 0 spiro atoms. The summed E-state index contributed by atoms with van der Waals surface area (Å²) in [4.78, 5) is 102. The minimum absolute atomic E-state index is 0. The topological polar surface area (TPSA) is 395 Å². The molecule has 42 heteroatoms. The number of nitrogens with zero attached hydrogens (tertiary/aromatic N) is 24. The van der Waals surface area contributed by atoms with Crippen LogP contribution in [0.1, 0.15) is 78.2 Å². The predicted molar refractivity (Wildman–Crippen MR) is 450 cm³/mol. The number of azo groups is 4. The molecular formula is C76H88CuN24NiO12S4. The molecule has 4 aromatic carbocycles. The Balaban J connectivity index is 0.000000216. The molecule has 0 saturated carbocycles. The largest absolute Gasteiger partial charge is 0.493 e. The SMILES string of the molecule is CCn1c(O)c(N=Nc2c(C)n(C)n(-c3ccccc3)c2=O)c(=O)n(CC)c1=S.CCn1c(O)c(N=Nc2c(C)n(C)n(-c3ccccc3)c2=O)c(=O)n(CC)c1=S.CCn1c(O)c(N=Nc2c(C)n(C)n(-c3ccccc3)c2=O)c(=O)n(CC)c1=S.CCn1c(O)c(N=Nc2c(C)n(C)n(-c3ccccc3)c2=O)c(=O)n(CC)c1=S.[Cu].[Ni]. The number of aromatic nitrogens is 16. The first-order valence-electron chi connectivity index (χ1n) is 36.6. The minimum Gasteiger partial charge on any atom is -0.493 e. The summed E-state index contributed by atoms with van der Waals surface area (Å²) in [5, 5.41) is 73.8. The molecule has 4 N–H and O–H groups in total. The van der Waals surface area contributed by atoms with Gasteiger partial charge >= 0.3 is 0 Å². The van der Waals surface area contributed by atoms with Gasteiger partial charge in [0.15, 0.2) is 41.8 Å². The molecule has 0 saturated heterocycles. The molecule has 0 bridgehead atoms. The first kappa shape index (κ1) is 93.1. The Morgan fingerprint density at radius 2 is 0.398 bits per heavy atom. The Labute approximate surface area is 714 Å². The van der Waals surface area contributed by atoms with Crippen LogP contribution in [0.15, 0.2) is 201 Å². The molecule has 0 amide bonds. The number of hydrogen-bond donors (Lipinski definition) is 4. The van der Waals surface area contributed by atoms with Crippen LogP contribution in [0.5, 0.6) is 23.5 Å². The summed E-state index contributed by atoms with van der Waals surface area (Å²) in [5.74, 6) is -1.47. The molecule has 12 aromatic rings. The third-order valence-corrected chi connectivity index (χ3v) is 20.9. The second-order valence-corrected chi connectivity index (χ2v) is 26.9. The molecule has 0 atom stereocenters. The molecule has 118 heavy (non-hydrogen) atoms. The molecule has 36 nitrogen and oxygen atoms in total.